The van der Waals surface area contributed by atoms with Crippen molar-refractivity contribution in [3.63, 3.8) is 0 Å². The molecule has 112 valence electrons. The van der Waals surface area contributed by atoms with Gasteiger partial charge in [0.05, 0.1) is 11.3 Å². The fourth-order valence-corrected chi connectivity index (χ4v) is 1.92. The van der Waals surface area contributed by atoms with Gasteiger partial charge < -0.3 is 9.84 Å². The van der Waals surface area contributed by atoms with E-state index >= 15 is 0 Å². The van der Waals surface area contributed by atoms with Crippen LogP contribution in [-0.2, 0) is 4.74 Å². The van der Waals surface area contributed by atoms with Crippen molar-refractivity contribution in [3.05, 3.63) is 66.7 Å². The van der Waals surface area contributed by atoms with Crippen LogP contribution in [0.5, 0.6) is 0 Å². The Kier molecular flexibility index (Phi) is 4.93. The van der Waals surface area contributed by atoms with Crippen LogP contribution in [0.2, 0.25) is 0 Å². The van der Waals surface area contributed by atoms with E-state index in [1.807, 2.05) is 30.3 Å². The van der Waals surface area contributed by atoms with E-state index in [2.05, 4.69) is 11.9 Å². The zero-order valence-electron chi connectivity index (χ0n) is 11.8. The number of carbonyl (C=O) groups is 2. The monoisotopic (exact) mass is 297 g/mol. The number of hydrogen-bond acceptors (Lipinski definition) is 3. The number of amides is 1. The van der Waals surface area contributed by atoms with E-state index in [4.69, 9.17) is 4.74 Å². The third kappa shape index (κ3) is 3.73. The molecule has 0 aliphatic rings. The summed E-state index contributed by atoms with van der Waals surface area (Å²) in [6, 6.07) is 14.2. The number of ether oxygens (including phenoxy) is 1. The SMILES string of the molecule is C=CCOC(=O)Nc1cc(-c2ccccc2)ccc1C(=O)O. The molecule has 0 radical (unpaired) electrons. The summed E-state index contributed by atoms with van der Waals surface area (Å²) in [6.07, 6.45) is 0.700. The van der Waals surface area contributed by atoms with Gasteiger partial charge in [0.2, 0.25) is 0 Å². The van der Waals surface area contributed by atoms with Gasteiger partial charge in [-0.05, 0) is 23.3 Å². The van der Waals surface area contributed by atoms with Crippen LogP contribution in [0.15, 0.2) is 61.2 Å². The molecular weight excluding hydrogens is 282 g/mol. The summed E-state index contributed by atoms with van der Waals surface area (Å²) in [6.45, 7) is 3.49. The van der Waals surface area contributed by atoms with Gasteiger partial charge in [-0.3, -0.25) is 5.32 Å². The van der Waals surface area contributed by atoms with Gasteiger partial charge in [0.15, 0.2) is 0 Å². The number of hydrogen-bond donors (Lipinski definition) is 2. The lowest BCUT2D eigenvalue weighted by molar-refractivity contribution is 0.0698. The van der Waals surface area contributed by atoms with Gasteiger partial charge >= 0.3 is 12.1 Å². The topological polar surface area (TPSA) is 75.6 Å². The van der Waals surface area contributed by atoms with E-state index in [1.54, 1.807) is 12.1 Å². The summed E-state index contributed by atoms with van der Waals surface area (Å²) in [5.74, 6) is -1.13. The Morgan fingerprint density at radius 3 is 2.50 bits per heavy atom. The molecule has 0 aromatic heterocycles. The highest BCUT2D eigenvalue weighted by Gasteiger charge is 2.14. The highest BCUT2D eigenvalue weighted by molar-refractivity contribution is 5.99. The van der Waals surface area contributed by atoms with E-state index < -0.39 is 12.1 Å². The van der Waals surface area contributed by atoms with E-state index in [0.29, 0.717) is 0 Å². The van der Waals surface area contributed by atoms with E-state index in [1.165, 1.54) is 12.1 Å². The molecule has 2 rings (SSSR count). The first-order chi connectivity index (χ1) is 10.6. The molecule has 1 amide bonds. The predicted molar refractivity (Wildman–Crippen MR) is 84.0 cm³/mol. The van der Waals surface area contributed by atoms with Crippen molar-refractivity contribution in [2.24, 2.45) is 0 Å². The summed E-state index contributed by atoms with van der Waals surface area (Å²) in [5.41, 5.74) is 1.89. The van der Waals surface area contributed by atoms with Gasteiger partial charge in [0.25, 0.3) is 0 Å². The van der Waals surface area contributed by atoms with Crippen LogP contribution in [0.4, 0.5) is 10.5 Å². The Balaban J connectivity index is 2.34. The van der Waals surface area contributed by atoms with Gasteiger partial charge in [-0.1, -0.05) is 49.1 Å². The number of carboxylic acids is 1. The summed E-state index contributed by atoms with van der Waals surface area (Å²) in [4.78, 5) is 22.9. The molecule has 0 saturated carbocycles. The maximum atomic E-state index is 11.6. The van der Waals surface area contributed by atoms with Crippen LogP contribution in [0.25, 0.3) is 11.1 Å². The van der Waals surface area contributed by atoms with Crippen molar-refractivity contribution in [2.45, 2.75) is 0 Å². The molecule has 0 aliphatic heterocycles. The van der Waals surface area contributed by atoms with Crippen molar-refractivity contribution < 1.29 is 19.4 Å². The van der Waals surface area contributed by atoms with Gasteiger partial charge in [-0.15, -0.1) is 0 Å². The van der Waals surface area contributed by atoms with Gasteiger partial charge in [0.1, 0.15) is 6.61 Å². The quantitative estimate of drug-likeness (QED) is 0.823. The second kappa shape index (κ2) is 7.08. The number of rotatable bonds is 5. The minimum Gasteiger partial charge on any atom is -0.478 e. The summed E-state index contributed by atoms with van der Waals surface area (Å²) in [5, 5.41) is 11.7. The fraction of sp³-hybridized carbons (Fsp3) is 0.0588. The Morgan fingerprint density at radius 1 is 1.14 bits per heavy atom. The number of nitrogens with one attached hydrogen (secondary N) is 1. The van der Waals surface area contributed by atoms with Gasteiger partial charge in [-0.25, -0.2) is 9.59 Å². The number of anilines is 1. The van der Waals surface area contributed by atoms with Crippen LogP contribution in [0.3, 0.4) is 0 Å². The van der Waals surface area contributed by atoms with Crippen molar-refractivity contribution in [1.29, 1.82) is 0 Å². The molecule has 22 heavy (non-hydrogen) atoms. The second-order valence-electron chi connectivity index (χ2n) is 4.44. The largest absolute Gasteiger partial charge is 0.478 e. The zero-order chi connectivity index (χ0) is 15.9. The maximum absolute atomic E-state index is 11.6. The fourth-order valence-electron chi connectivity index (χ4n) is 1.92. The lowest BCUT2D eigenvalue weighted by atomic mass is 10.0. The third-order valence-corrected chi connectivity index (χ3v) is 2.93. The molecular formula is C17H15NO4. The Labute approximate surface area is 127 Å². The average molecular weight is 297 g/mol. The summed E-state index contributed by atoms with van der Waals surface area (Å²) >= 11 is 0. The van der Waals surface area contributed by atoms with Crippen LogP contribution in [0.1, 0.15) is 10.4 Å². The minimum atomic E-state index is -1.13. The van der Waals surface area contributed by atoms with Crippen molar-refractivity contribution in [1.82, 2.24) is 0 Å². The highest BCUT2D eigenvalue weighted by atomic mass is 16.5. The van der Waals surface area contributed by atoms with E-state index in [0.717, 1.165) is 11.1 Å². The third-order valence-electron chi connectivity index (χ3n) is 2.93. The Morgan fingerprint density at radius 2 is 1.86 bits per heavy atom. The molecule has 0 bridgehead atoms. The number of benzene rings is 2. The lowest BCUT2D eigenvalue weighted by Crippen LogP contribution is -2.16. The molecule has 0 aliphatic carbocycles. The first-order valence-electron chi connectivity index (χ1n) is 6.59. The van der Waals surface area contributed by atoms with Crippen molar-refractivity contribution in [3.8, 4) is 11.1 Å². The van der Waals surface area contributed by atoms with Gasteiger partial charge in [-0.2, -0.15) is 0 Å². The Hall–Kier alpha value is -3.08. The molecule has 0 saturated heterocycles. The second-order valence-corrected chi connectivity index (χ2v) is 4.44. The molecule has 0 fully saturated rings. The summed E-state index contributed by atoms with van der Waals surface area (Å²) < 4.78 is 4.81. The van der Waals surface area contributed by atoms with Crippen molar-refractivity contribution in [2.75, 3.05) is 11.9 Å². The number of carbonyl (C=O) groups excluding carboxylic acids is 1. The molecule has 0 atom stereocenters. The molecule has 2 N–H and O–H groups in total. The normalized spacial score (nSPS) is 9.82. The predicted octanol–water partition coefficient (Wildman–Crippen LogP) is 3.79. The number of carboxylic acid groups (broad SMARTS) is 1. The molecule has 0 unspecified atom stereocenters. The van der Waals surface area contributed by atoms with Crippen LogP contribution in [-0.4, -0.2) is 23.8 Å². The standard InChI is InChI=1S/C17H15NO4/c1-2-10-22-17(21)18-15-11-13(8-9-14(15)16(19)20)12-6-4-3-5-7-12/h2-9,11H,1,10H2,(H,18,21)(H,19,20). The van der Waals surface area contributed by atoms with Gasteiger partial charge in [0, 0.05) is 0 Å². The van der Waals surface area contributed by atoms with E-state index in [-0.39, 0.29) is 17.9 Å². The number of aromatic carboxylic acids is 1. The molecule has 0 spiro atoms. The lowest BCUT2D eigenvalue weighted by Gasteiger charge is -2.11. The molecule has 0 heterocycles. The Bertz CT molecular complexity index is 695. The highest BCUT2D eigenvalue weighted by Crippen LogP contribution is 2.26. The summed E-state index contributed by atoms with van der Waals surface area (Å²) in [7, 11) is 0. The first kappa shape index (κ1) is 15.3. The van der Waals surface area contributed by atoms with E-state index in [9.17, 15) is 14.7 Å². The minimum absolute atomic E-state index is 0.00441. The maximum Gasteiger partial charge on any atom is 0.411 e. The van der Waals surface area contributed by atoms with Crippen LogP contribution >= 0.6 is 0 Å². The molecule has 2 aromatic carbocycles. The molecule has 5 heteroatoms. The molecule has 2 aromatic rings. The van der Waals surface area contributed by atoms with Crippen LogP contribution in [0, 0.1) is 0 Å². The smallest absolute Gasteiger partial charge is 0.411 e. The molecule has 5 nitrogen and oxygen atoms in total. The van der Waals surface area contributed by atoms with Crippen molar-refractivity contribution >= 4 is 17.7 Å². The average Bonchev–Trinajstić information content (AvgIpc) is 2.53. The van der Waals surface area contributed by atoms with Crippen LogP contribution < -0.4 is 5.32 Å². The first-order valence-corrected chi connectivity index (χ1v) is 6.59. The zero-order valence-corrected chi connectivity index (χ0v) is 11.8.